The number of nitrogens with zero attached hydrogens (tertiary/aromatic N) is 2. The Balaban J connectivity index is 1.46. The standard InChI is InChI=1S/C17H21N3OS2/c1-12(20-7-5-16-14(11-20)6-8-22-16)9-19-17(21)4-3-15-10-18-13(2)23-15/h3-4,6,8,10,12H,5,7,9,11H2,1-2H3,(H,19,21)/b4-3+/t12-/m1/s1. The average Bonchev–Trinajstić information content (AvgIpc) is 3.18. The van der Waals surface area contributed by atoms with Crippen LogP contribution in [-0.2, 0) is 17.8 Å². The number of aryl methyl sites for hydroxylation is 1. The number of carbonyl (C=O) groups is 1. The summed E-state index contributed by atoms with van der Waals surface area (Å²) in [4.78, 5) is 21.1. The van der Waals surface area contributed by atoms with E-state index >= 15 is 0 Å². The molecule has 0 saturated carbocycles. The zero-order valence-electron chi connectivity index (χ0n) is 13.4. The summed E-state index contributed by atoms with van der Waals surface area (Å²) in [6.45, 7) is 6.87. The molecule has 0 aliphatic carbocycles. The van der Waals surface area contributed by atoms with Gasteiger partial charge in [0.1, 0.15) is 0 Å². The third-order valence-electron chi connectivity index (χ3n) is 4.07. The summed E-state index contributed by atoms with van der Waals surface area (Å²) in [5.41, 5.74) is 1.44. The quantitative estimate of drug-likeness (QED) is 0.846. The fraction of sp³-hybridized carbons (Fsp3) is 0.412. The Morgan fingerprint density at radius 3 is 3.22 bits per heavy atom. The van der Waals surface area contributed by atoms with Gasteiger partial charge < -0.3 is 5.32 Å². The van der Waals surface area contributed by atoms with Gasteiger partial charge in [0.15, 0.2) is 0 Å². The number of carbonyl (C=O) groups excluding carboxylic acids is 1. The molecule has 4 nitrogen and oxygen atoms in total. The zero-order valence-corrected chi connectivity index (χ0v) is 15.0. The van der Waals surface area contributed by atoms with Gasteiger partial charge in [0.2, 0.25) is 5.91 Å². The molecule has 0 saturated heterocycles. The molecular weight excluding hydrogens is 326 g/mol. The number of amides is 1. The second kappa shape index (κ2) is 7.38. The number of fused-ring (bicyclic) bond motifs is 1. The number of thiazole rings is 1. The van der Waals surface area contributed by atoms with Gasteiger partial charge in [-0.1, -0.05) is 0 Å². The molecule has 0 bridgehead atoms. The van der Waals surface area contributed by atoms with Gasteiger partial charge in [0, 0.05) is 47.7 Å². The molecule has 0 radical (unpaired) electrons. The van der Waals surface area contributed by atoms with Gasteiger partial charge in [-0.15, -0.1) is 22.7 Å². The van der Waals surface area contributed by atoms with Crippen molar-refractivity contribution >= 4 is 34.7 Å². The Kier molecular flexibility index (Phi) is 5.25. The fourth-order valence-corrected chi connectivity index (χ4v) is 4.27. The van der Waals surface area contributed by atoms with Crippen molar-refractivity contribution in [1.82, 2.24) is 15.2 Å². The predicted octanol–water partition coefficient (Wildman–Crippen LogP) is 3.09. The topological polar surface area (TPSA) is 45.2 Å². The van der Waals surface area contributed by atoms with Crippen molar-refractivity contribution in [2.45, 2.75) is 32.9 Å². The van der Waals surface area contributed by atoms with Crippen LogP contribution in [0.3, 0.4) is 0 Å². The molecule has 3 heterocycles. The molecule has 3 rings (SSSR count). The predicted molar refractivity (Wildman–Crippen MR) is 96.8 cm³/mol. The highest BCUT2D eigenvalue weighted by atomic mass is 32.1. The molecule has 1 atom stereocenters. The minimum absolute atomic E-state index is 0.0452. The van der Waals surface area contributed by atoms with Crippen molar-refractivity contribution in [3.8, 4) is 0 Å². The Morgan fingerprint density at radius 2 is 2.43 bits per heavy atom. The van der Waals surface area contributed by atoms with Crippen molar-refractivity contribution in [3.63, 3.8) is 0 Å². The molecular formula is C17H21N3OS2. The lowest BCUT2D eigenvalue weighted by Crippen LogP contribution is -2.43. The summed E-state index contributed by atoms with van der Waals surface area (Å²) in [5.74, 6) is -0.0452. The van der Waals surface area contributed by atoms with Crippen LogP contribution in [0.1, 0.15) is 27.2 Å². The molecule has 1 aliphatic rings. The van der Waals surface area contributed by atoms with Gasteiger partial charge in [0.25, 0.3) is 0 Å². The van der Waals surface area contributed by atoms with Crippen LogP contribution >= 0.6 is 22.7 Å². The third-order valence-corrected chi connectivity index (χ3v) is 5.97. The minimum Gasteiger partial charge on any atom is -0.351 e. The van der Waals surface area contributed by atoms with E-state index in [0.29, 0.717) is 12.6 Å². The lowest BCUT2D eigenvalue weighted by molar-refractivity contribution is -0.116. The highest BCUT2D eigenvalue weighted by Crippen LogP contribution is 2.24. The summed E-state index contributed by atoms with van der Waals surface area (Å²) in [5, 5.41) is 6.18. The molecule has 1 amide bonds. The van der Waals surface area contributed by atoms with E-state index in [1.54, 1.807) is 23.6 Å². The first-order valence-corrected chi connectivity index (χ1v) is 9.49. The normalized spacial score (nSPS) is 16.4. The van der Waals surface area contributed by atoms with Crippen LogP contribution in [0.4, 0.5) is 0 Å². The van der Waals surface area contributed by atoms with Crippen LogP contribution in [0.25, 0.3) is 6.08 Å². The Bertz CT molecular complexity index is 704. The molecule has 1 N–H and O–H groups in total. The molecule has 23 heavy (non-hydrogen) atoms. The maximum Gasteiger partial charge on any atom is 0.244 e. The minimum atomic E-state index is -0.0452. The van der Waals surface area contributed by atoms with Crippen LogP contribution in [0.5, 0.6) is 0 Å². The lowest BCUT2D eigenvalue weighted by Gasteiger charge is -2.32. The third kappa shape index (κ3) is 4.28. The molecule has 2 aromatic rings. The van der Waals surface area contributed by atoms with Crippen molar-refractivity contribution < 1.29 is 4.79 Å². The maximum atomic E-state index is 11.9. The summed E-state index contributed by atoms with van der Waals surface area (Å²) < 4.78 is 0. The van der Waals surface area contributed by atoms with Crippen LogP contribution in [0, 0.1) is 6.92 Å². The average molecular weight is 348 g/mol. The number of rotatable bonds is 5. The van der Waals surface area contributed by atoms with E-state index in [2.05, 4.69) is 33.6 Å². The van der Waals surface area contributed by atoms with E-state index in [1.807, 2.05) is 24.3 Å². The van der Waals surface area contributed by atoms with Crippen LogP contribution in [0.2, 0.25) is 0 Å². The molecule has 2 aromatic heterocycles. The van der Waals surface area contributed by atoms with Crippen LogP contribution in [0.15, 0.2) is 23.7 Å². The molecule has 0 fully saturated rings. The summed E-state index contributed by atoms with van der Waals surface area (Å²) in [7, 11) is 0. The van der Waals surface area contributed by atoms with Gasteiger partial charge in [0.05, 0.1) is 5.01 Å². The van der Waals surface area contributed by atoms with Gasteiger partial charge >= 0.3 is 0 Å². The molecule has 0 unspecified atom stereocenters. The van der Waals surface area contributed by atoms with Crippen molar-refractivity contribution in [2.75, 3.05) is 13.1 Å². The summed E-state index contributed by atoms with van der Waals surface area (Å²) in [6.07, 6.45) is 6.32. The van der Waals surface area contributed by atoms with Crippen LogP contribution < -0.4 is 5.32 Å². The van der Waals surface area contributed by atoms with E-state index in [4.69, 9.17) is 0 Å². The summed E-state index contributed by atoms with van der Waals surface area (Å²) >= 11 is 3.44. The number of hydrogen-bond donors (Lipinski definition) is 1. The van der Waals surface area contributed by atoms with Crippen molar-refractivity contribution in [1.29, 1.82) is 0 Å². The van der Waals surface area contributed by atoms with E-state index in [1.165, 1.54) is 10.4 Å². The molecule has 0 spiro atoms. The first-order valence-electron chi connectivity index (χ1n) is 7.79. The Hall–Kier alpha value is -1.50. The second-order valence-corrected chi connectivity index (χ2v) is 8.07. The lowest BCUT2D eigenvalue weighted by atomic mass is 10.1. The highest BCUT2D eigenvalue weighted by molar-refractivity contribution is 7.12. The number of hydrogen-bond acceptors (Lipinski definition) is 5. The number of thiophene rings is 1. The smallest absolute Gasteiger partial charge is 0.244 e. The van der Waals surface area contributed by atoms with E-state index in [-0.39, 0.29) is 5.91 Å². The second-order valence-electron chi connectivity index (χ2n) is 5.80. The van der Waals surface area contributed by atoms with E-state index in [9.17, 15) is 4.79 Å². The largest absolute Gasteiger partial charge is 0.351 e. The number of nitrogens with one attached hydrogen (secondary N) is 1. The SMILES string of the molecule is Cc1ncc(/C=C/C(=O)NC[C@@H](C)N2CCc3sccc3C2)s1. The number of aromatic nitrogens is 1. The van der Waals surface area contributed by atoms with Gasteiger partial charge in [-0.25, -0.2) is 4.98 Å². The van der Waals surface area contributed by atoms with E-state index < -0.39 is 0 Å². The molecule has 122 valence electrons. The molecule has 0 aromatic carbocycles. The Morgan fingerprint density at radius 1 is 1.57 bits per heavy atom. The van der Waals surface area contributed by atoms with E-state index in [0.717, 1.165) is 29.4 Å². The first-order chi connectivity index (χ1) is 11.1. The zero-order chi connectivity index (χ0) is 16.2. The first kappa shape index (κ1) is 16.4. The van der Waals surface area contributed by atoms with Gasteiger partial charge in [-0.3, -0.25) is 9.69 Å². The monoisotopic (exact) mass is 347 g/mol. The van der Waals surface area contributed by atoms with Crippen LogP contribution in [-0.4, -0.2) is 34.9 Å². The highest BCUT2D eigenvalue weighted by Gasteiger charge is 2.21. The van der Waals surface area contributed by atoms with Crippen molar-refractivity contribution in [3.05, 3.63) is 44.0 Å². The van der Waals surface area contributed by atoms with Gasteiger partial charge in [-0.05, 0) is 43.4 Å². The van der Waals surface area contributed by atoms with Gasteiger partial charge in [-0.2, -0.15) is 0 Å². The Labute approximate surface area is 144 Å². The molecule has 6 heteroatoms. The molecule has 1 aliphatic heterocycles. The fourth-order valence-electron chi connectivity index (χ4n) is 2.70. The van der Waals surface area contributed by atoms with Crippen molar-refractivity contribution in [2.24, 2.45) is 0 Å². The summed E-state index contributed by atoms with van der Waals surface area (Å²) in [6, 6.07) is 2.56. The maximum absolute atomic E-state index is 11.9.